The summed E-state index contributed by atoms with van der Waals surface area (Å²) in [4.78, 5) is 20.5. The van der Waals surface area contributed by atoms with Gasteiger partial charge in [-0.25, -0.2) is 4.98 Å². The van der Waals surface area contributed by atoms with Crippen LogP contribution >= 0.6 is 0 Å². The number of aromatic amines is 1. The fraction of sp³-hybridized carbons (Fsp3) is 0.200. The summed E-state index contributed by atoms with van der Waals surface area (Å²) in [5, 5.41) is 3.09. The van der Waals surface area contributed by atoms with Crippen molar-refractivity contribution in [2.75, 3.05) is 5.32 Å². The van der Waals surface area contributed by atoms with Gasteiger partial charge in [0.15, 0.2) is 0 Å². The largest absolute Gasteiger partial charge is 0.338 e. The SMILES string of the molecule is O=C(Nc1ccccc1-c1nc2ccccc2[nH]1)C1CC=CCC1. The number of amides is 1. The summed E-state index contributed by atoms with van der Waals surface area (Å²) in [6, 6.07) is 15.7. The van der Waals surface area contributed by atoms with E-state index in [0.29, 0.717) is 0 Å². The topological polar surface area (TPSA) is 57.8 Å². The van der Waals surface area contributed by atoms with E-state index in [9.17, 15) is 4.79 Å². The number of hydrogen-bond donors (Lipinski definition) is 2. The van der Waals surface area contributed by atoms with E-state index in [1.165, 1.54) is 0 Å². The number of hydrogen-bond acceptors (Lipinski definition) is 2. The number of aromatic nitrogens is 2. The third-order valence-electron chi connectivity index (χ3n) is 4.47. The predicted molar refractivity (Wildman–Crippen MR) is 96.6 cm³/mol. The van der Waals surface area contributed by atoms with Crippen molar-refractivity contribution in [1.82, 2.24) is 9.97 Å². The highest BCUT2D eigenvalue weighted by molar-refractivity contribution is 5.96. The highest BCUT2D eigenvalue weighted by Crippen LogP contribution is 2.29. The maximum absolute atomic E-state index is 12.5. The van der Waals surface area contributed by atoms with Crippen LogP contribution in [-0.4, -0.2) is 15.9 Å². The molecule has 4 rings (SSSR count). The fourth-order valence-electron chi connectivity index (χ4n) is 3.15. The van der Waals surface area contributed by atoms with Crippen molar-refractivity contribution in [3.63, 3.8) is 0 Å². The fourth-order valence-corrected chi connectivity index (χ4v) is 3.15. The number of H-pyrrole nitrogens is 1. The number of carbonyl (C=O) groups excluding carboxylic acids is 1. The van der Waals surface area contributed by atoms with Crippen LogP contribution in [0.25, 0.3) is 22.4 Å². The highest BCUT2D eigenvalue weighted by atomic mass is 16.1. The Morgan fingerprint density at radius 1 is 1.08 bits per heavy atom. The average molecular weight is 317 g/mol. The molecule has 0 spiro atoms. The Hall–Kier alpha value is -2.88. The van der Waals surface area contributed by atoms with Gasteiger partial charge in [0, 0.05) is 11.5 Å². The van der Waals surface area contributed by atoms with Gasteiger partial charge in [0.25, 0.3) is 0 Å². The third-order valence-corrected chi connectivity index (χ3v) is 4.47. The van der Waals surface area contributed by atoms with Crippen LogP contribution in [0.2, 0.25) is 0 Å². The van der Waals surface area contributed by atoms with Gasteiger partial charge >= 0.3 is 0 Å². The molecule has 1 amide bonds. The van der Waals surface area contributed by atoms with Crippen molar-refractivity contribution in [3.8, 4) is 11.4 Å². The number of benzene rings is 2. The summed E-state index contributed by atoms with van der Waals surface area (Å²) < 4.78 is 0. The minimum atomic E-state index is 0.0544. The molecule has 3 aromatic rings. The van der Waals surface area contributed by atoms with Crippen LogP contribution in [0.3, 0.4) is 0 Å². The lowest BCUT2D eigenvalue weighted by molar-refractivity contribution is -0.120. The van der Waals surface area contributed by atoms with Crippen LogP contribution < -0.4 is 5.32 Å². The lowest BCUT2D eigenvalue weighted by Gasteiger charge is -2.18. The van der Waals surface area contributed by atoms with E-state index in [2.05, 4.69) is 27.4 Å². The van der Waals surface area contributed by atoms with Crippen molar-refractivity contribution < 1.29 is 4.79 Å². The minimum absolute atomic E-state index is 0.0544. The Labute approximate surface area is 140 Å². The van der Waals surface area contributed by atoms with Crippen LogP contribution in [0.5, 0.6) is 0 Å². The molecule has 1 unspecified atom stereocenters. The second kappa shape index (κ2) is 6.32. The second-order valence-electron chi connectivity index (χ2n) is 6.12. The van der Waals surface area contributed by atoms with Gasteiger partial charge in [-0.3, -0.25) is 4.79 Å². The van der Waals surface area contributed by atoms with Crippen molar-refractivity contribution in [1.29, 1.82) is 0 Å². The lowest BCUT2D eigenvalue weighted by Crippen LogP contribution is -2.23. The number of rotatable bonds is 3. The standard InChI is InChI=1S/C20H19N3O/c24-20(14-8-2-1-3-9-14)23-16-11-5-4-10-15(16)19-21-17-12-6-7-13-18(17)22-19/h1-2,4-7,10-14H,3,8-9H2,(H,21,22)(H,23,24). The summed E-state index contributed by atoms with van der Waals surface area (Å²) in [6.45, 7) is 0. The van der Waals surface area contributed by atoms with E-state index in [1.54, 1.807) is 0 Å². The molecule has 4 nitrogen and oxygen atoms in total. The molecule has 1 aliphatic carbocycles. The molecular weight excluding hydrogens is 298 g/mol. The second-order valence-corrected chi connectivity index (χ2v) is 6.12. The average Bonchev–Trinajstić information content (AvgIpc) is 3.07. The molecule has 0 bridgehead atoms. The molecule has 0 fully saturated rings. The van der Waals surface area contributed by atoms with Crippen LogP contribution in [0.4, 0.5) is 5.69 Å². The molecule has 0 aliphatic heterocycles. The van der Waals surface area contributed by atoms with E-state index < -0.39 is 0 Å². The Kier molecular flexibility index (Phi) is 3.87. The van der Waals surface area contributed by atoms with Gasteiger partial charge in [-0.05, 0) is 43.5 Å². The van der Waals surface area contributed by atoms with Gasteiger partial charge < -0.3 is 10.3 Å². The quantitative estimate of drug-likeness (QED) is 0.698. The van der Waals surface area contributed by atoms with Gasteiger partial charge in [0.2, 0.25) is 5.91 Å². The van der Waals surface area contributed by atoms with Crippen molar-refractivity contribution in [2.45, 2.75) is 19.3 Å². The molecule has 2 N–H and O–H groups in total. The zero-order valence-electron chi connectivity index (χ0n) is 13.3. The van der Waals surface area contributed by atoms with Crippen LogP contribution in [0.15, 0.2) is 60.7 Å². The van der Waals surface area contributed by atoms with E-state index in [1.807, 2.05) is 48.5 Å². The maximum Gasteiger partial charge on any atom is 0.227 e. The monoisotopic (exact) mass is 317 g/mol. The van der Waals surface area contributed by atoms with Gasteiger partial charge in [-0.1, -0.05) is 36.4 Å². The summed E-state index contributed by atoms with van der Waals surface area (Å²) in [6.07, 6.45) is 6.95. The van der Waals surface area contributed by atoms with Gasteiger partial charge in [-0.15, -0.1) is 0 Å². The van der Waals surface area contributed by atoms with Crippen molar-refractivity contribution >= 4 is 22.6 Å². The smallest absolute Gasteiger partial charge is 0.227 e. The Balaban J connectivity index is 1.65. The van der Waals surface area contributed by atoms with E-state index >= 15 is 0 Å². The zero-order chi connectivity index (χ0) is 16.4. The number of fused-ring (bicyclic) bond motifs is 1. The van der Waals surface area contributed by atoms with E-state index in [4.69, 9.17) is 0 Å². The first-order valence-electron chi connectivity index (χ1n) is 8.31. The van der Waals surface area contributed by atoms with Crippen LogP contribution in [-0.2, 0) is 4.79 Å². The molecule has 1 aromatic heterocycles. The normalized spacial score (nSPS) is 17.1. The van der Waals surface area contributed by atoms with Crippen LogP contribution in [0, 0.1) is 5.92 Å². The molecular formula is C20H19N3O. The van der Waals surface area contributed by atoms with Gasteiger partial charge in [0.05, 0.1) is 16.7 Å². The van der Waals surface area contributed by atoms with Crippen molar-refractivity contribution in [2.24, 2.45) is 5.92 Å². The first kappa shape index (κ1) is 14.7. The Bertz CT molecular complexity index is 877. The van der Waals surface area contributed by atoms with Crippen LogP contribution in [0.1, 0.15) is 19.3 Å². The molecule has 0 radical (unpaired) electrons. The van der Waals surface area contributed by atoms with E-state index in [-0.39, 0.29) is 11.8 Å². The molecule has 24 heavy (non-hydrogen) atoms. The molecule has 0 saturated heterocycles. The first-order valence-corrected chi connectivity index (χ1v) is 8.31. The Morgan fingerprint density at radius 2 is 1.92 bits per heavy atom. The number of para-hydroxylation sites is 3. The summed E-state index contributed by atoms with van der Waals surface area (Å²) in [5.74, 6) is 0.914. The summed E-state index contributed by atoms with van der Waals surface area (Å²) >= 11 is 0. The maximum atomic E-state index is 12.5. The molecule has 1 heterocycles. The minimum Gasteiger partial charge on any atom is -0.338 e. The number of imidazole rings is 1. The van der Waals surface area contributed by atoms with E-state index in [0.717, 1.165) is 47.4 Å². The van der Waals surface area contributed by atoms with Gasteiger partial charge in [0.1, 0.15) is 5.82 Å². The molecule has 0 saturated carbocycles. The summed E-state index contributed by atoms with van der Waals surface area (Å²) in [5.41, 5.74) is 3.63. The number of anilines is 1. The predicted octanol–water partition coefficient (Wildman–Crippen LogP) is 4.52. The number of allylic oxidation sites excluding steroid dienone is 2. The Morgan fingerprint density at radius 3 is 2.75 bits per heavy atom. The zero-order valence-corrected chi connectivity index (χ0v) is 13.3. The van der Waals surface area contributed by atoms with Gasteiger partial charge in [-0.2, -0.15) is 0 Å². The molecule has 4 heteroatoms. The number of nitrogens with one attached hydrogen (secondary N) is 2. The summed E-state index contributed by atoms with van der Waals surface area (Å²) in [7, 11) is 0. The number of carbonyl (C=O) groups is 1. The van der Waals surface area contributed by atoms with Crippen molar-refractivity contribution in [3.05, 3.63) is 60.7 Å². The molecule has 1 atom stereocenters. The third kappa shape index (κ3) is 2.83. The first-order chi connectivity index (χ1) is 11.8. The highest BCUT2D eigenvalue weighted by Gasteiger charge is 2.20. The molecule has 2 aromatic carbocycles. The number of nitrogens with zero attached hydrogens (tertiary/aromatic N) is 1. The molecule has 1 aliphatic rings. The molecule has 120 valence electrons. The lowest BCUT2D eigenvalue weighted by atomic mass is 9.93.